The summed E-state index contributed by atoms with van der Waals surface area (Å²) in [7, 11) is 0. The zero-order valence-electron chi connectivity index (χ0n) is 9.80. The smallest absolute Gasteiger partial charge is 0.170 e. The minimum absolute atomic E-state index is 0.0259. The van der Waals surface area contributed by atoms with Gasteiger partial charge in [-0.25, -0.2) is 4.98 Å². The standard InChI is InChI=1S/C11H20N4/c1-8(2)9-13-10(15-14-9)11(3)6-4-5-7-12-11/h8,12H,4-7H2,1-3H3,(H,13,14,15). The molecule has 2 heterocycles. The molecule has 1 aromatic rings. The highest BCUT2D eigenvalue weighted by molar-refractivity contribution is 5.07. The van der Waals surface area contributed by atoms with Crippen LogP contribution < -0.4 is 5.32 Å². The molecule has 84 valence electrons. The molecule has 1 atom stereocenters. The van der Waals surface area contributed by atoms with Crippen LogP contribution in [0.25, 0.3) is 0 Å². The Bertz CT molecular complexity index is 323. The van der Waals surface area contributed by atoms with E-state index in [0.29, 0.717) is 5.92 Å². The predicted molar refractivity (Wildman–Crippen MR) is 59.7 cm³/mol. The predicted octanol–water partition coefficient (Wildman–Crippen LogP) is 1.92. The number of aromatic nitrogens is 3. The molecule has 0 radical (unpaired) electrons. The number of aromatic amines is 1. The maximum absolute atomic E-state index is 4.58. The third-order valence-corrected chi connectivity index (χ3v) is 3.16. The maximum Gasteiger partial charge on any atom is 0.170 e. The highest BCUT2D eigenvalue weighted by Gasteiger charge is 2.32. The van der Waals surface area contributed by atoms with Crippen molar-refractivity contribution in [1.82, 2.24) is 20.5 Å². The zero-order chi connectivity index (χ0) is 10.9. The van der Waals surface area contributed by atoms with E-state index in [-0.39, 0.29) is 5.54 Å². The molecule has 0 aromatic carbocycles. The fourth-order valence-corrected chi connectivity index (χ4v) is 2.03. The van der Waals surface area contributed by atoms with Crippen molar-refractivity contribution in [2.45, 2.75) is 51.5 Å². The lowest BCUT2D eigenvalue weighted by Crippen LogP contribution is -2.44. The minimum atomic E-state index is -0.0259. The summed E-state index contributed by atoms with van der Waals surface area (Å²) >= 11 is 0. The van der Waals surface area contributed by atoms with E-state index in [0.717, 1.165) is 24.6 Å². The van der Waals surface area contributed by atoms with Gasteiger partial charge in [0.05, 0.1) is 5.54 Å². The topological polar surface area (TPSA) is 53.6 Å². The molecular weight excluding hydrogens is 188 g/mol. The van der Waals surface area contributed by atoms with Crippen LogP contribution in [0.2, 0.25) is 0 Å². The molecule has 0 aliphatic carbocycles. The van der Waals surface area contributed by atoms with Gasteiger partial charge in [0, 0.05) is 5.92 Å². The second-order valence-electron chi connectivity index (χ2n) is 4.91. The summed E-state index contributed by atoms with van der Waals surface area (Å²) < 4.78 is 0. The van der Waals surface area contributed by atoms with E-state index in [2.05, 4.69) is 41.3 Å². The maximum atomic E-state index is 4.58. The van der Waals surface area contributed by atoms with Crippen molar-refractivity contribution < 1.29 is 0 Å². The quantitative estimate of drug-likeness (QED) is 0.780. The number of hydrogen-bond donors (Lipinski definition) is 2. The summed E-state index contributed by atoms with van der Waals surface area (Å²) in [6.45, 7) is 7.52. The fraction of sp³-hybridized carbons (Fsp3) is 0.818. The van der Waals surface area contributed by atoms with Gasteiger partial charge in [0.25, 0.3) is 0 Å². The normalized spacial score (nSPS) is 27.2. The SMILES string of the molecule is CC(C)c1nc(C2(C)CCCCN2)n[nH]1. The van der Waals surface area contributed by atoms with Gasteiger partial charge in [-0.15, -0.1) is 0 Å². The third-order valence-electron chi connectivity index (χ3n) is 3.16. The number of nitrogens with zero attached hydrogens (tertiary/aromatic N) is 2. The van der Waals surface area contributed by atoms with E-state index in [1.54, 1.807) is 0 Å². The molecule has 2 rings (SSSR count). The molecule has 0 bridgehead atoms. The summed E-state index contributed by atoms with van der Waals surface area (Å²) in [5.74, 6) is 2.32. The van der Waals surface area contributed by atoms with Crippen molar-refractivity contribution in [3.8, 4) is 0 Å². The summed E-state index contributed by atoms with van der Waals surface area (Å²) in [4.78, 5) is 4.58. The molecule has 15 heavy (non-hydrogen) atoms. The molecule has 1 saturated heterocycles. The van der Waals surface area contributed by atoms with Crippen molar-refractivity contribution in [3.05, 3.63) is 11.6 Å². The molecule has 2 N–H and O–H groups in total. The summed E-state index contributed by atoms with van der Waals surface area (Å²) in [6.07, 6.45) is 3.65. The van der Waals surface area contributed by atoms with Crippen molar-refractivity contribution >= 4 is 0 Å². The first-order valence-electron chi connectivity index (χ1n) is 5.79. The molecule has 4 heteroatoms. The number of nitrogens with one attached hydrogen (secondary N) is 2. The Balaban J connectivity index is 2.20. The minimum Gasteiger partial charge on any atom is -0.305 e. The lowest BCUT2D eigenvalue weighted by atomic mass is 9.90. The Morgan fingerprint density at radius 3 is 2.67 bits per heavy atom. The Morgan fingerprint density at radius 2 is 2.13 bits per heavy atom. The van der Waals surface area contributed by atoms with Crippen LogP contribution in [0.5, 0.6) is 0 Å². The Morgan fingerprint density at radius 1 is 1.33 bits per heavy atom. The number of rotatable bonds is 2. The molecule has 1 fully saturated rings. The summed E-state index contributed by atoms with van der Waals surface area (Å²) in [5, 5.41) is 10.9. The third kappa shape index (κ3) is 2.04. The van der Waals surface area contributed by atoms with Gasteiger partial charge in [-0.2, -0.15) is 5.10 Å². The Kier molecular flexibility index (Phi) is 2.78. The van der Waals surface area contributed by atoms with Crippen LogP contribution in [0.3, 0.4) is 0 Å². The number of hydrogen-bond acceptors (Lipinski definition) is 3. The van der Waals surface area contributed by atoms with Crippen LogP contribution in [0.15, 0.2) is 0 Å². The molecule has 0 saturated carbocycles. The van der Waals surface area contributed by atoms with Crippen LogP contribution in [-0.4, -0.2) is 21.7 Å². The molecule has 1 unspecified atom stereocenters. The van der Waals surface area contributed by atoms with Gasteiger partial charge in [0.15, 0.2) is 5.82 Å². The van der Waals surface area contributed by atoms with Crippen LogP contribution in [0.4, 0.5) is 0 Å². The van der Waals surface area contributed by atoms with E-state index in [1.807, 2.05) is 0 Å². The lowest BCUT2D eigenvalue weighted by Gasteiger charge is -2.32. The second kappa shape index (κ2) is 3.93. The molecule has 1 aliphatic rings. The summed E-state index contributed by atoms with van der Waals surface area (Å²) in [5.41, 5.74) is -0.0259. The van der Waals surface area contributed by atoms with Crippen LogP contribution >= 0.6 is 0 Å². The van der Waals surface area contributed by atoms with Gasteiger partial charge in [-0.3, -0.25) is 5.10 Å². The van der Waals surface area contributed by atoms with Crippen molar-refractivity contribution in [1.29, 1.82) is 0 Å². The van der Waals surface area contributed by atoms with Gasteiger partial charge in [0.1, 0.15) is 5.82 Å². The van der Waals surface area contributed by atoms with Gasteiger partial charge < -0.3 is 5.32 Å². The average molecular weight is 208 g/mol. The molecule has 1 aliphatic heterocycles. The van der Waals surface area contributed by atoms with E-state index < -0.39 is 0 Å². The highest BCUT2D eigenvalue weighted by Crippen LogP contribution is 2.27. The monoisotopic (exact) mass is 208 g/mol. The van der Waals surface area contributed by atoms with E-state index >= 15 is 0 Å². The van der Waals surface area contributed by atoms with Gasteiger partial charge in [-0.05, 0) is 32.7 Å². The fourth-order valence-electron chi connectivity index (χ4n) is 2.03. The van der Waals surface area contributed by atoms with Crippen LogP contribution in [0.1, 0.15) is 57.6 Å². The van der Waals surface area contributed by atoms with Crippen molar-refractivity contribution in [2.75, 3.05) is 6.54 Å². The number of H-pyrrole nitrogens is 1. The zero-order valence-corrected chi connectivity index (χ0v) is 9.80. The molecule has 0 spiro atoms. The first kappa shape index (κ1) is 10.6. The molecule has 0 amide bonds. The molecule has 4 nitrogen and oxygen atoms in total. The van der Waals surface area contributed by atoms with Crippen LogP contribution in [-0.2, 0) is 5.54 Å². The second-order valence-corrected chi connectivity index (χ2v) is 4.91. The van der Waals surface area contributed by atoms with Crippen molar-refractivity contribution in [3.63, 3.8) is 0 Å². The molecular formula is C11H20N4. The highest BCUT2D eigenvalue weighted by atomic mass is 15.2. The largest absolute Gasteiger partial charge is 0.305 e. The van der Waals surface area contributed by atoms with Gasteiger partial charge >= 0.3 is 0 Å². The Hall–Kier alpha value is -0.900. The molecule has 1 aromatic heterocycles. The Labute approximate surface area is 90.9 Å². The van der Waals surface area contributed by atoms with E-state index in [1.165, 1.54) is 12.8 Å². The number of piperidine rings is 1. The van der Waals surface area contributed by atoms with E-state index in [4.69, 9.17) is 0 Å². The lowest BCUT2D eigenvalue weighted by molar-refractivity contribution is 0.269. The average Bonchev–Trinajstić information content (AvgIpc) is 2.68. The van der Waals surface area contributed by atoms with Gasteiger partial charge in [0.2, 0.25) is 0 Å². The van der Waals surface area contributed by atoms with Crippen LogP contribution in [0, 0.1) is 0 Å². The first-order chi connectivity index (χ1) is 7.12. The van der Waals surface area contributed by atoms with Crippen molar-refractivity contribution in [2.24, 2.45) is 0 Å². The van der Waals surface area contributed by atoms with E-state index in [9.17, 15) is 0 Å². The summed E-state index contributed by atoms with van der Waals surface area (Å²) in [6, 6.07) is 0. The van der Waals surface area contributed by atoms with Gasteiger partial charge in [-0.1, -0.05) is 13.8 Å². The first-order valence-corrected chi connectivity index (χ1v) is 5.79.